The van der Waals surface area contributed by atoms with Crippen molar-refractivity contribution in [1.29, 1.82) is 0 Å². The molecule has 0 fully saturated rings. The molecule has 0 saturated heterocycles. The molecule has 0 bridgehead atoms. The molecule has 0 aliphatic carbocycles. The third-order valence-electron chi connectivity index (χ3n) is 1.92. The number of allylic oxidation sites excluding steroid dienone is 1. The summed E-state index contributed by atoms with van der Waals surface area (Å²) in [7, 11) is 3.57. The number of carbonyl (C=O) groups excluding carboxylic acids is 2. The van der Waals surface area contributed by atoms with E-state index in [1.54, 1.807) is 32.1 Å². The normalized spacial score (nSPS) is 10.4. The van der Waals surface area contributed by atoms with Gasteiger partial charge in [0.15, 0.2) is 5.69 Å². The summed E-state index contributed by atoms with van der Waals surface area (Å²) in [4.78, 5) is 32.9. The Morgan fingerprint density at radius 1 is 1.28 bits per heavy atom. The molecular formula is C12H15N3O3. The summed E-state index contributed by atoms with van der Waals surface area (Å²) in [5.41, 5.74) is -0.0678. The Balaban J connectivity index is 3.02. The molecule has 1 aromatic rings. The van der Waals surface area contributed by atoms with Crippen molar-refractivity contribution in [2.24, 2.45) is 0 Å². The zero-order valence-electron chi connectivity index (χ0n) is 10.6. The summed E-state index contributed by atoms with van der Waals surface area (Å²) < 4.78 is 4.82. The standard InChI is InChI=1S/C12H15N3O3/c1-4-18-12(17)11-10(13-6-7-14-11)9(16)5-8-15(2)3/h5-8H,4H2,1-3H3/b8-5+. The van der Waals surface area contributed by atoms with E-state index >= 15 is 0 Å². The van der Waals surface area contributed by atoms with Gasteiger partial charge in [-0.25, -0.2) is 14.8 Å². The van der Waals surface area contributed by atoms with Crippen molar-refractivity contribution in [2.75, 3.05) is 20.7 Å². The molecule has 6 nitrogen and oxygen atoms in total. The second kappa shape index (κ2) is 6.48. The maximum atomic E-state index is 11.9. The molecule has 0 unspecified atom stereocenters. The quantitative estimate of drug-likeness (QED) is 0.439. The molecule has 1 rings (SSSR count). The Labute approximate surface area is 105 Å². The highest BCUT2D eigenvalue weighted by atomic mass is 16.5. The summed E-state index contributed by atoms with van der Waals surface area (Å²) in [6.45, 7) is 1.90. The fourth-order valence-electron chi connectivity index (χ4n) is 1.16. The molecule has 0 spiro atoms. The molecule has 0 N–H and O–H groups in total. The average molecular weight is 249 g/mol. The number of rotatable bonds is 5. The maximum absolute atomic E-state index is 11.9. The average Bonchev–Trinajstić information content (AvgIpc) is 2.36. The van der Waals surface area contributed by atoms with Gasteiger partial charge in [0.2, 0.25) is 5.78 Å². The first-order valence-electron chi connectivity index (χ1n) is 5.43. The van der Waals surface area contributed by atoms with Gasteiger partial charge >= 0.3 is 5.97 Å². The number of ketones is 1. The Bertz CT molecular complexity index is 469. The highest BCUT2D eigenvalue weighted by Crippen LogP contribution is 2.06. The minimum absolute atomic E-state index is 0.00551. The summed E-state index contributed by atoms with van der Waals surface area (Å²) >= 11 is 0. The molecule has 1 aromatic heterocycles. The molecule has 0 radical (unpaired) electrons. The maximum Gasteiger partial charge on any atom is 0.359 e. The smallest absolute Gasteiger partial charge is 0.359 e. The van der Waals surface area contributed by atoms with E-state index in [1.165, 1.54) is 18.5 Å². The van der Waals surface area contributed by atoms with Crippen molar-refractivity contribution in [3.8, 4) is 0 Å². The highest BCUT2D eigenvalue weighted by Gasteiger charge is 2.19. The molecule has 0 aromatic carbocycles. The van der Waals surface area contributed by atoms with Crippen molar-refractivity contribution in [3.05, 3.63) is 36.1 Å². The van der Waals surface area contributed by atoms with Crippen LogP contribution in [-0.4, -0.2) is 47.3 Å². The van der Waals surface area contributed by atoms with E-state index in [2.05, 4.69) is 9.97 Å². The molecule has 6 heteroatoms. The molecule has 0 amide bonds. The molecule has 0 aliphatic heterocycles. The van der Waals surface area contributed by atoms with Crippen molar-refractivity contribution >= 4 is 11.8 Å². The van der Waals surface area contributed by atoms with Gasteiger partial charge < -0.3 is 9.64 Å². The molecular weight excluding hydrogens is 234 g/mol. The lowest BCUT2D eigenvalue weighted by Crippen LogP contribution is -2.15. The summed E-state index contributed by atoms with van der Waals surface area (Å²) in [5, 5.41) is 0. The van der Waals surface area contributed by atoms with E-state index in [1.807, 2.05) is 0 Å². The third kappa shape index (κ3) is 3.65. The van der Waals surface area contributed by atoms with Gasteiger partial charge in [0.1, 0.15) is 5.69 Å². The second-order valence-electron chi connectivity index (χ2n) is 3.62. The van der Waals surface area contributed by atoms with E-state index in [9.17, 15) is 9.59 Å². The van der Waals surface area contributed by atoms with Crippen LogP contribution in [0.5, 0.6) is 0 Å². The Kier molecular flexibility index (Phi) is 4.98. The molecule has 96 valence electrons. The number of carbonyl (C=O) groups is 2. The van der Waals surface area contributed by atoms with E-state index in [4.69, 9.17) is 4.74 Å². The van der Waals surface area contributed by atoms with Crippen molar-refractivity contribution in [3.63, 3.8) is 0 Å². The molecule has 0 saturated carbocycles. The summed E-state index contributed by atoms with van der Waals surface area (Å²) in [6.07, 6.45) is 5.61. The summed E-state index contributed by atoms with van der Waals surface area (Å²) in [5.74, 6) is -1.04. The van der Waals surface area contributed by atoms with Crippen molar-refractivity contribution in [2.45, 2.75) is 6.92 Å². The van der Waals surface area contributed by atoms with Gasteiger partial charge in [-0.3, -0.25) is 4.79 Å². The van der Waals surface area contributed by atoms with Crippen LogP contribution in [0.3, 0.4) is 0 Å². The second-order valence-corrected chi connectivity index (χ2v) is 3.62. The number of nitrogens with zero attached hydrogens (tertiary/aromatic N) is 3. The van der Waals surface area contributed by atoms with Crippen LogP contribution in [0, 0.1) is 0 Å². The number of esters is 1. The van der Waals surface area contributed by atoms with Crippen LogP contribution >= 0.6 is 0 Å². The van der Waals surface area contributed by atoms with E-state index in [0.717, 1.165) is 0 Å². The number of aromatic nitrogens is 2. The van der Waals surface area contributed by atoms with Gasteiger partial charge in [-0.15, -0.1) is 0 Å². The fraction of sp³-hybridized carbons (Fsp3) is 0.333. The topological polar surface area (TPSA) is 72.4 Å². The van der Waals surface area contributed by atoms with Crippen LogP contribution in [0.1, 0.15) is 27.9 Å². The molecule has 0 atom stereocenters. The molecule has 1 heterocycles. The van der Waals surface area contributed by atoms with Crippen LogP contribution in [0.25, 0.3) is 0 Å². The summed E-state index contributed by atoms with van der Waals surface area (Å²) in [6, 6.07) is 0. The first-order chi connectivity index (χ1) is 8.56. The first kappa shape index (κ1) is 13.8. The van der Waals surface area contributed by atoms with E-state index in [0.29, 0.717) is 0 Å². The van der Waals surface area contributed by atoms with Gasteiger partial charge in [-0.1, -0.05) is 0 Å². The van der Waals surface area contributed by atoms with Gasteiger partial charge in [0.05, 0.1) is 6.61 Å². The Hall–Kier alpha value is -2.24. The van der Waals surface area contributed by atoms with Crippen LogP contribution in [0.4, 0.5) is 0 Å². The number of hydrogen-bond donors (Lipinski definition) is 0. The van der Waals surface area contributed by atoms with Gasteiger partial charge in [-0.2, -0.15) is 0 Å². The van der Waals surface area contributed by atoms with Gasteiger partial charge in [0.25, 0.3) is 0 Å². The monoisotopic (exact) mass is 249 g/mol. The lowest BCUT2D eigenvalue weighted by atomic mass is 10.2. The van der Waals surface area contributed by atoms with Crippen LogP contribution in [0.15, 0.2) is 24.7 Å². The lowest BCUT2D eigenvalue weighted by Gasteiger charge is -2.05. The van der Waals surface area contributed by atoms with Crippen molar-refractivity contribution < 1.29 is 14.3 Å². The predicted octanol–water partition coefficient (Wildman–Crippen LogP) is 0.911. The molecule has 0 aliphatic rings. The number of hydrogen-bond acceptors (Lipinski definition) is 6. The highest BCUT2D eigenvalue weighted by molar-refractivity contribution is 6.09. The Morgan fingerprint density at radius 2 is 1.89 bits per heavy atom. The lowest BCUT2D eigenvalue weighted by molar-refractivity contribution is 0.0515. The number of ether oxygens (including phenoxy) is 1. The van der Waals surface area contributed by atoms with E-state index in [-0.39, 0.29) is 23.8 Å². The van der Waals surface area contributed by atoms with Gasteiger partial charge in [0, 0.05) is 38.8 Å². The van der Waals surface area contributed by atoms with E-state index < -0.39 is 5.97 Å². The fourth-order valence-corrected chi connectivity index (χ4v) is 1.16. The van der Waals surface area contributed by atoms with Crippen LogP contribution in [-0.2, 0) is 4.74 Å². The van der Waals surface area contributed by atoms with Gasteiger partial charge in [-0.05, 0) is 6.92 Å². The third-order valence-corrected chi connectivity index (χ3v) is 1.92. The predicted molar refractivity (Wildman–Crippen MR) is 65.1 cm³/mol. The van der Waals surface area contributed by atoms with Crippen LogP contribution in [0.2, 0.25) is 0 Å². The van der Waals surface area contributed by atoms with Crippen LogP contribution < -0.4 is 0 Å². The minimum Gasteiger partial charge on any atom is -0.461 e. The van der Waals surface area contributed by atoms with Crippen molar-refractivity contribution in [1.82, 2.24) is 14.9 Å². The minimum atomic E-state index is -0.646. The first-order valence-corrected chi connectivity index (χ1v) is 5.43. The largest absolute Gasteiger partial charge is 0.461 e. The zero-order chi connectivity index (χ0) is 13.5. The SMILES string of the molecule is CCOC(=O)c1nccnc1C(=O)/C=C/N(C)C. The Morgan fingerprint density at radius 3 is 2.44 bits per heavy atom. The molecule has 18 heavy (non-hydrogen) atoms. The zero-order valence-corrected chi connectivity index (χ0v) is 10.6.